The summed E-state index contributed by atoms with van der Waals surface area (Å²) in [5, 5.41) is 9.84. The first kappa shape index (κ1) is 25.6. The molecule has 0 spiro atoms. The smallest absolute Gasteiger partial charge is 0.143 e. The van der Waals surface area contributed by atoms with Crippen LogP contribution in [-0.2, 0) is 5.41 Å². The Morgan fingerprint density at radius 1 is 0.413 bits per heavy atom. The predicted octanol–water partition coefficient (Wildman–Crippen LogP) is 12.7. The molecule has 0 saturated carbocycles. The molecule has 1 aliphatic rings. The summed E-state index contributed by atoms with van der Waals surface area (Å²) in [7, 11) is 0. The van der Waals surface area contributed by atoms with Gasteiger partial charge < -0.3 is 4.42 Å². The van der Waals surface area contributed by atoms with E-state index >= 15 is 0 Å². The van der Waals surface area contributed by atoms with Crippen molar-refractivity contribution < 1.29 is 4.42 Å². The van der Waals surface area contributed by atoms with Gasteiger partial charge in [0.25, 0.3) is 0 Å². The van der Waals surface area contributed by atoms with E-state index in [1.54, 1.807) is 0 Å². The number of hydrogen-bond acceptors (Lipinski definition) is 1. The van der Waals surface area contributed by atoms with Gasteiger partial charge in [0.1, 0.15) is 11.2 Å². The molecule has 1 aromatic heterocycles. The summed E-state index contributed by atoms with van der Waals surface area (Å²) in [4.78, 5) is 0. The van der Waals surface area contributed by atoms with Crippen molar-refractivity contribution in [1.29, 1.82) is 0 Å². The van der Waals surface area contributed by atoms with Crippen LogP contribution in [-0.4, -0.2) is 0 Å². The van der Waals surface area contributed by atoms with Crippen molar-refractivity contribution in [2.24, 2.45) is 0 Å². The van der Waals surface area contributed by atoms with Crippen molar-refractivity contribution in [3.8, 4) is 33.4 Å². The molecule has 8 aromatic carbocycles. The van der Waals surface area contributed by atoms with Gasteiger partial charge in [0.2, 0.25) is 0 Å². The Morgan fingerprint density at radius 3 is 1.91 bits per heavy atom. The molecule has 0 radical (unpaired) electrons. The second-order valence-electron chi connectivity index (χ2n) is 13.3. The lowest BCUT2D eigenvalue weighted by atomic mass is 9.80. The summed E-state index contributed by atoms with van der Waals surface area (Å²) >= 11 is 0. The first-order valence-electron chi connectivity index (χ1n) is 16.1. The van der Waals surface area contributed by atoms with E-state index in [1.165, 1.54) is 82.2 Å². The molecule has 10 rings (SSSR count). The van der Waals surface area contributed by atoms with Crippen LogP contribution < -0.4 is 0 Å². The monoisotopic (exact) mass is 586 g/mol. The summed E-state index contributed by atoms with van der Waals surface area (Å²) in [6, 6.07) is 53.4. The molecule has 1 heteroatoms. The van der Waals surface area contributed by atoms with Gasteiger partial charge in [0.15, 0.2) is 0 Å². The van der Waals surface area contributed by atoms with Crippen molar-refractivity contribution >= 4 is 54.3 Å². The van der Waals surface area contributed by atoms with Gasteiger partial charge in [-0.2, -0.15) is 0 Å². The van der Waals surface area contributed by atoms with E-state index in [4.69, 9.17) is 4.42 Å². The summed E-state index contributed by atoms with van der Waals surface area (Å²) in [6.45, 7) is 4.75. The highest BCUT2D eigenvalue weighted by atomic mass is 16.3. The van der Waals surface area contributed by atoms with Gasteiger partial charge in [-0.05, 0) is 102 Å². The van der Waals surface area contributed by atoms with E-state index in [0.29, 0.717) is 0 Å². The molecule has 0 saturated heterocycles. The first-order chi connectivity index (χ1) is 22.6. The third-order valence-corrected chi connectivity index (χ3v) is 10.5. The molecule has 1 nitrogen and oxygen atoms in total. The molecule has 1 aliphatic carbocycles. The molecule has 9 aromatic rings. The van der Waals surface area contributed by atoms with Gasteiger partial charge in [0.05, 0.1) is 0 Å². The molecule has 0 atom stereocenters. The first-order valence-corrected chi connectivity index (χ1v) is 16.1. The molecule has 0 bridgehead atoms. The van der Waals surface area contributed by atoms with Crippen molar-refractivity contribution in [2.75, 3.05) is 0 Å². The molecule has 0 amide bonds. The third-order valence-electron chi connectivity index (χ3n) is 10.5. The molecule has 0 fully saturated rings. The van der Waals surface area contributed by atoms with Gasteiger partial charge in [-0.15, -0.1) is 0 Å². The van der Waals surface area contributed by atoms with E-state index in [2.05, 4.69) is 159 Å². The average molecular weight is 587 g/mol. The van der Waals surface area contributed by atoms with Crippen LogP contribution in [0.3, 0.4) is 0 Å². The zero-order chi connectivity index (χ0) is 30.6. The SMILES string of the molecule is CC1(C)c2cc(-c3cccc4oc5c6ccccc6ccc5c34)ccc2-c2cc3c(-c4cccc5ccccc45)cccc3cc21. The summed E-state index contributed by atoms with van der Waals surface area (Å²) in [5.41, 5.74) is 12.2. The highest BCUT2D eigenvalue weighted by molar-refractivity contribution is 6.19. The maximum absolute atomic E-state index is 6.53. The molecule has 1 heterocycles. The summed E-state index contributed by atoms with van der Waals surface area (Å²) in [6.07, 6.45) is 0. The summed E-state index contributed by atoms with van der Waals surface area (Å²) in [5.74, 6) is 0. The lowest BCUT2D eigenvalue weighted by molar-refractivity contribution is 0.661. The predicted molar refractivity (Wildman–Crippen MR) is 195 cm³/mol. The van der Waals surface area contributed by atoms with Gasteiger partial charge in [0, 0.05) is 21.6 Å². The Kier molecular flexibility index (Phi) is 5.12. The lowest BCUT2D eigenvalue weighted by Crippen LogP contribution is -2.15. The fourth-order valence-corrected chi connectivity index (χ4v) is 8.16. The van der Waals surface area contributed by atoms with Crippen molar-refractivity contribution in [3.05, 3.63) is 157 Å². The Balaban J connectivity index is 1.17. The number of benzene rings is 8. The van der Waals surface area contributed by atoms with E-state index in [-0.39, 0.29) is 5.41 Å². The number of hydrogen-bond donors (Lipinski definition) is 0. The van der Waals surface area contributed by atoms with Gasteiger partial charge >= 0.3 is 0 Å². The molecular formula is C45H30O. The Bertz CT molecular complexity index is 2720. The fraction of sp³-hybridized carbons (Fsp3) is 0.0667. The standard InChI is InChI=1S/C45H30O/c1-45(2)40-25-30(32-16-9-19-42-43(32)37-23-20-28-11-4-6-15-33(28)44(37)46-42)21-22-36(40)39-26-38-29(24-41(39)45)13-8-18-35(38)34-17-7-12-27-10-3-5-14-31(27)34/h3-26H,1-2H3. The van der Waals surface area contributed by atoms with Crippen molar-refractivity contribution in [3.63, 3.8) is 0 Å². The van der Waals surface area contributed by atoms with Crippen LogP contribution in [0, 0.1) is 0 Å². The number of furan rings is 1. The Hall–Kier alpha value is -5.66. The molecule has 0 unspecified atom stereocenters. The normalized spacial score (nSPS) is 13.6. The molecular weight excluding hydrogens is 556 g/mol. The highest BCUT2D eigenvalue weighted by Crippen LogP contribution is 2.52. The van der Waals surface area contributed by atoms with Gasteiger partial charge in [-0.1, -0.05) is 129 Å². The van der Waals surface area contributed by atoms with Crippen LogP contribution in [0.25, 0.3) is 87.6 Å². The van der Waals surface area contributed by atoms with Gasteiger partial charge in [-0.3, -0.25) is 0 Å². The zero-order valence-electron chi connectivity index (χ0n) is 25.8. The van der Waals surface area contributed by atoms with Gasteiger partial charge in [-0.25, -0.2) is 0 Å². The van der Waals surface area contributed by atoms with E-state index in [0.717, 1.165) is 16.6 Å². The van der Waals surface area contributed by atoms with Crippen LogP contribution in [0.1, 0.15) is 25.0 Å². The second kappa shape index (κ2) is 9.19. The van der Waals surface area contributed by atoms with Crippen LogP contribution >= 0.6 is 0 Å². The van der Waals surface area contributed by atoms with E-state index in [9.17, 15) is 0 Å². The van der Waals surface area contributed by atoms with Crippen molar-refractivity contribution in [1.82, 2.24) is 0 Å². The third kappa shape index (κ3) is 3.46. The average Bonchev–Trinajstić information content (AvgIpc) is 3.59. The maximum atomic E-state index is 6.53. The van der Waals surface area contributed by atoms with Crippen LogP contribution in [0.15, 0.2) is 150 Å². The van der Waals surface area contributed by atoms with Crippen LogP contribution in [0.2, 0.25) is 0 Å². The van der Waals surface area contributed by atoms with Crippen LogP contribution in [0.5, 0.6) is 0 Å². The number of fused-ring (bicyclic) bond motifs is 10. The topological polar surface area (TPSA) is 13.1 Å². The van der Waals surface area contributed by atoms with E-state index < -0.39 is 0 Å². The largest absolute Gasteiger partial charge is 0.455 e. The second-order valence-corrected chi connectivity index (χ2v) is 13.3. The maximum Gasteiger partial charge on any atom is 0.143 e. The molecule has 0 N–H and O–H groups in total. The molecule has 216 valence electrons. The molecule has 0 aliphatic heterocycles. The minimum absolute atomic E-state index is 0.132. The quantitative estimate of drug-likeness (QED) is 0.196. The highest BCUT2D eigenvalue weighted by Gasteiger charge is 2.36. The summed E-state index contributed by atoms with van der Waals surface area (Å²) < 4.78 is 6.53. The number of rotatable bonds is 2. The lowest BCUT2D eigenvalue weighted by Gasteiger charge is -2.22. The fourth-order valence-electron chi connectivity index (χ4n) is 8.16. The Morgan fingerprint density at radius 2 is 1.07 bits per heavy atom. The minimum Gasteiger partial charge on any atom is -0.455 e. The molecule has 46 heavy (non-hydrogen) atoms. The minimum atomic E-state index is -0.132. The van der Waals surface area contributed by atoms with Crippen LogP contribution in [0.4, 0.5) is 0 Å². The van der Waals surface area contributed by atoms with Crippen molar-refractivity contribution in [2.45, 2.75) is 19.3 Å². The zero-order valence-corrected chi connectivity index (χ0v) is 25.8. The van der Waals surface area contributed by atoms with E-state index in [1.807, 2.05) is 0 Å². The Labute approximate surface area is 267 Å².